The first-order chi connectivity index (χ1) is 7.16. The first-order valence-corrected chi connectivity index (χ1v) is 6.07. The molecule has 0 aromatic carbocycles. The summed E-state index contributed by atoms with van der Waals surface area (Å²) in [5.41, 5.74) is 0. The van der Waals surface area contributed by atoms with Crippen LogP contribution < -0.4 is 4.90 Å². The third kappa shape index (κ3) is 3.57. The molecule has 0 amide bonds. The zero-order valence-corrected chi connectivity index (χ0v) is 11.2. The maximum atomic E-state index is 8.85. The topological polar surface area (TPSA) is 49.2 Å². The summed E-state index contributed by atoms with van der Waals surface area (Å²) < 4.78 is 1.04. The van der Waals surface area contributed by atoms with Gasteiger partial charge in [-0.25, -0.2) is 9.97 Å². The minimum absolute atomic E-state index is 0.213. The lowest BCUT2D eigenvalue weighted by molar-refractivity contribution is 0.288. The minimum atomic E-state index is 0.213. The van der Waals surface area contributed by atoms with Crippen LogP contribution in [0.5, 0.6) is 0 Å². The third-order valence-corrected chi connectivity index (χ3v) is 2.86. The Morgan fingerprint density at radius 1 is 1.53 bits per heavy atom. The molecule has 0 saturated carbocycles. The quantitative estimate of drug-likeness (QED) is 0.839. The van der Waals surface area contributed by atoms with Gasteiger partial charge in [0.05, 0.1) is 3.57 Å². The normalized spacial score (nSPS) is 10.7. The maximum Gasteiger partial charge on any atom is 0.145 e. The summed E-state index contributed by atoms with van der Waals surface area (Å²) in [4.78, 5) is 10.4. The van der Waals surface area contributed by atoms with Crippen molar-refractivity contribution in [3.8, 4) is 0 Å². The zero-order valence-electron chi connectivity index (χ0n) is 9.02. The van der Waals surface area contributed by atoms with Crippen LogP contribution in [0.25, 0.3) is 0 Å². The SMILES string of the molecule is CC(C)N(CCCO)c1ncncc1I. The fourth-order valence-electron chi connectivity index (χ4n) is 1.37. The van der Waals surface area contributed by atoms with Crippen LogP contribution in [0.3, 0.4) is 0 Å². The second kappa shape index (κ2) is 6.22. The molecule has 0 unspecified atom stereocenters. The average molecular weight is 321 g/mol. The highest BCUT2D eigenvalue weighted by Crippen LogP contribution is 2.20. The summed E-state index contributed by atoms with van der Waals surface area (Å²) in [6.07, 6.45) is 4.13. The van der Waals surface area contributed by atoms with E-state index in [4.69, 9.17) is 5.11 Å². The van der Waals surface area contributed by atoms with Crippen molar-refractivity contribution in [2.75, 3.05) is 18.1 Å². The van der Waals surface area contributed by atoms with Gasteiger partial charge in [0.15, 0.2) is 0 Å². The third-order valence-electron chi connectivity index (χ3n) is 2.10. The minimum Gasteiger partial charge on any atom is -0.396 e. The van der Waals surface area contributed by atoms with E-state index in [-0.39, 0.29) is 6.61 Å². The Morgan fingerprint density at radius 2 is 2.27 bits per heavy atom. The van der Waals surface area contributed by atoms with Gasteiger partial charge in [0.25, 0.3) is 0 Å². The number of aliphatic hydroxyl groups excluding tert-OH is 1. The van der Waals surface area contributed by atoms with Crippen molar-refractivity contribution in [2.24, 2.45) is 0 Å². The van der Waals surface area contributed by atoms with E-state index in [1.165, 1.54) is 0 Å². The smallest absolute Gasteiger partial charge is 0.145 e. The van der Waals surface area contributed by atoms with Gasteiger partial charge in [-0.05, 0) is 42.9 Å². The average Bonchev–Trinajstić information content (AvgIpc) is 2.20. The van der Waals surface area contributed by atoms with E-state index < -0.39 is 0 Å². The van der Waals surface area contributed by atoms with Crippen molar-refractivity contribution < 1.29 is 5.11 Å². The Hall–Kier alpha value is -0.430. The molecule has 0 atom stereocenters. The fourth-order valence-corrected chi connectivity index (χ4v) is 1.98. The molecule has 15 heavy (non-hydrogen) atoms. The first-order valence-electron chi connectivity index (χ1n) is 4.99. The molecule has 0 aliphatic carbocycles. The molecule has 1 rings (SSSR count). The molecule has 1 aromatic rings. The standard InChI is InChI=1S/C10H16IN3O/c1-8(2)14(4-3-5-15)10-9(11)6-12-7-13-10/h6-8,15H,3-5H2,1-2H3. The van der Waals surface area contributed by atoms with Gasteiger partial charge >= 0.3 is 0 Å². The predicted octanol–water partition coefficient (Wildman–Crippen LogP) is 1.68. The molecule has 0 bridgehead atoms. The van der Waals surface area contributed by atoms with Crippen LogP contribution in [-0.4, -0.2) is 34.3 Å². The number of aromatic nitrogens is 2. The van der Waals surface area contributed by atoms with Gasteiger partial charge < -0.3 is 10.0 Å². The summed E-state index contributed by atoms with van der Waals surface area (Å²) in [5.74, 6) is 0.953. The summed E-state index contributed by atoms with van der Waals surface area (Å²) in [7, 11) is 0. The Balaban J connectivity index is 2.84. The summed E-state index contributed by atoms with van der Waals surface area (Å²) in [5, 5.41) is 8.85. The molecule has 0 fully saturated rings. The molecule has 5 heteroatoms. The van der Waals surface area contributed by atoms with Crippen molar-refractivity contribution >= 4 is 28.4 Å². The van der Waals surface area contributed by atoms with Crippen molar-refractivity contribution in [3.05, 3.63) is 16.1 Å². The van der Waals surface area contributed by atoms with E-state index >= 15 is 0 Å². The first kappa shape index (κ1) is 12.6. The van der Waals surface area contributed by atoms with E-state index in [9.17, 15) is 0 Å². The van der Waals surface area contributed by atoms with E-state index in [1.807, 2.05) is 0 Å². The van der Waals surface area contributed by atoms with E-state index in [2.05, 4.69) is 51.3 Å². The van der Waals surface area contributed by atoms with Gasteiger partial charge in [0.2, 0.25) is 0 Å². The summed E-state index contributed by atoms with van der Waals surface area (Å²) >= 11 is 2.23. The van der Waals surface area contributed by atoms with Crippen LogP contribution in [0.1, 0.15) is 20.3 Å². The summed E-state index contributed by atoms with van der Waals surface area (Å²) in [6.45, 7) is 5.27. The molecule has 0 spiro atoms. The molecular weight excluding hydrogens is 305 g/mol. The number of hydrogen-bond donors (Lipinski definition) is 1. The van der Waals surface area contributed by atoms with Gasteiger partial charge in [0, 0.05) is 25.4 Å². The largest absolute Gasteiger partial charge is 0.396 e. The molecule has 0 saturated heterocycles. The second-order valence-corrected chi connectivity index (χ2v) is 4.72. The van der Waals surface area contributed by atoms with Crippen LogP contribution >= 0.6 is 22.6 Å². The highest BCUT2D eigenvalue weighted by molar-refractivity contribution is 14.1. The van der Waals surface area contributed by atoms with E-state index in [0.717, 1.165) is 22.4 Å². The van der Waals surface area contributed by atoms with Gasteiger partial charge in [-0.15, -0.1) is 0 Å². The molecule has 1 N–H and O–H groups in total. The Bertz CT molecular complexity index is 306. The Kier molecular flexibility index (Phi) is 5.24. The molecule has 84 valence electrons. The molecule has 0 aliphatic rings. The monoisotopic (exact) mass is 321 g/mol. The van der Waals surface area contributed by atoms with Crippen molar-refractivity contribution in [1.29, 1.82) is 0 Å². The molecule has 4 nitrogen and oxygen atoms in total. The Morgan fingerprint density at radius 3 is 2.80 bits per heavy atom. The highest BCUT2D eigenvalue weighted by atomic mass is 127. The summed E-state index contributed by atoms with van der Waals surface area (Å²) in [6, 6.07) is 0.375. The van der Waals surface area contributed by atoms with Gasteiger partial charge in [-0.3, -0.25) is 0 Å². The number of hydrogen-bond acceptors (Lipinski definition) is 4. The van der Waals surface area contributed by atoms with Crippen LogP contribution in [0.15, 0.2) is 12.5 Å². The lowest BCUT2D eigenvalue weighted by Crippen LogP contribution is -2.33. The number of anilines is 1. The molecule has 1 heterocycles. The molecule has 0 aliphatic heterocycles. The number of rotatable bonds is 5. The zero-order chi connectivity index (χ0) is 11.3. The van der Waals surface area contributed by atoms with E-state index in [1.54, 1.807) is 12.5 Å². The van der Waals surface area contributed by atoms with Crippen LogP contribution in [-0.2, 0) is 0 Å². The lowest BCUT2D eigenvalue weighted by atomic mass is 10.3. The predicted molar refractivity (Wildman–Crippen MR) is 68.9 cm³/mol. The van der Waals surface area contributed by atoms with Gasteiger partial charge in [0.1, 0.15) is 12.1 Å². The highest BCUT2D eigenvalue weighted by Gasteiger charge is 2.14. The van der Waals surface area contributed by atoms with Gasteiger partial charge in [-0.1, -0.05) is 0 Å². The fraction of sp³-hybridized carbons (Fsp3) is 0.600. The Labute approximate surface area is 104 Å². The van der Waals surface area contributed by atoms with Gasteiger partial charge in [-0.2, -0.15) is 0 Å². The maximum absolute atomic E-state index is 8.85. The number of halogens is 1. The van der Waals surface area contributed by atoms with Crippen LogP contribution in [0.2, 0.25) is 0 Å². The van der Waals surface area contributed by atoms with E-state index in [0.29, 0.717) is 6.04 Å². The number of aliphatic hydroxyl groups is 1. The molecular formula is C10H16IN3O. The molecule has 0 radical (unpaired) electrons. The van der Waals surface area contributed by atoms with Crippen molar-refractivity contribution in [2.45, 2.75) is 26.3 Å². The molecule has 1 aromatic heterocycles. The van der Waals surface area contributed by atoms with Crippen molar-refractivity contribution in [1.82, 2.24) is 9.97 Å². The van der Waals surface area contributed by atoms with Crippen LogP contribution in [0, 0.1) is 3.57 Å². The lowest BCUT2D eigenvalue weighted by Gasteiger charge is -2.28. The number of nitrogens with zero attached hydrogens (tertiary/aromatic N) is 3. The van der Waals surface area contributed by atoms with Crippen molar-refractivity contribution in [3.63, 3.8) is 0 Å². The second-order valence-electron chi connectivity index (χ2n) is 3.56. The van der Waals surface area contributed by atoms with Crippen LogP contribution in [0.4, 0.5) is 5.82 Å².